The van der Waals surface area contributed by atoms with E-state index in [9.17, 15) is 19.5 Å². The number of nitrogens with one attached hydrogen (secondary N) is 1. The summed E-state index contributed by atoms with van der Waals surface area (Å²) in [5, 5.41) is 13.4. The van der Waals surface area contributed by atoms with Gasteiger partial charge in [0, 0.05) is 60.5 Å². The number of fused-ring (bicyclic) bond motifs is 5. The molecule has 0 unspecified atom stereocenters. The Hall–Kier alpha value is -3.92. The van der Waals surface area contributed by atoms with E-state index in [2.05, 4.69) is 10.3 Å². The van der Waals surface area contributed by atoms with Crippen LogP contribution in [0.3, 0.4) is 0 Å². The number of nitrogens with zero attached hydrogens (tertiary/aromatic N) is 3. The fourth-order valence-corrected chi connectivity index (χ4v) is 5.36. The molecule has 2 aromatic heterocycles. The van der Waals surface area contributed by atoms with Gasteiger partial charge in [0.15, 0.2) is 0 Å². The highest BCUT2D eigenvalue weighted by atomic mass is 16.6. The van der Waals surface area contributed by atoms with Crippen LogP contribution in [-0.2, 0) is 22.7 Å². The molecular weight excluding hydrogens is 500 g/mol. The lowest BCUT2D eigenvalue weighted by Crippen LogP contribution is -2.53. The number of benzene rings is 1. The molecule has 1 aromatic carbocycles. The largest absolute Gasteiger partial charge is 0.477 e. The van der Waals surface area contributed by atoms with E-state index < -0.39 is 17.0 Å². The molecule has 4 heterocycles. The summed E-state index contributed by atoms with van der Waals surface area (Å²) < 4.78 is 13.5. The molecule has 1 amide bonds. The number of anilines is 1. The second-order valence-electron chi connectivity index (χ2n) is 11.7. The minimum absolute atomic E-state index is 0.183. The maximum absolute atomic E-state index is 13.0. The van der Waals surface area contributed by atoms with Gasteiger partial charge in [-0.3, -0.25) is 4.79 Å². The molecule has 1 saturated carbocycles. The SMILES string of the molecule is CC(C)(C)OC(=O)N1CC(CNc2cc3c(cn2)-c2ccc4c(=O)c(C(=O)O)cn(C5CC5)c4c2COC3)C1. The molecule has 2 N–H and O–H groups in total. The Kier molecular flexibility index (Phi) is 6.10. The molecule has 2 fully saturated rings. The average Bonchev–Trinajstić information content (AvgIpc) is 3.68. The number of amides is 1. The lowest BCUT2D eigenvalue weighted by molar-refractivity contribution is 0.000823. The van der Waals surface area contributed by atoms with Gasteiger partial charge in [0.2, 0.25) is 5.43 Å². The smallest absolute Gasteiger partial charge is 0.410 e. The Labute approximate surface area is 225 Å². The quantitative estimate of drug-likeness (QED) is 0.496. The number of hydrogen-bond donors (Lipinski definition) is 2. The second kappa shape index (κ2) is 9.37. The molecule has 0 spiro atoms. The molecule has 6 rings (SSSR count). The molecule has 3 aromatic rings. The highest BCUT2D eigenvalue weighted by molar-refractivity contribution is 5.96. The van der Waals surface area contributed by atoms with Gasteiger partial charge in [-0.25, -0.2) is 14.6 Å². The number of carbonyl (C=O) groups is 2. The number of rotatable bonds is 5. The summed E-state index contributed by atoms with van der Waals surface area (Å²) in [4.78, 5) is 43.3. The number of likely N-dealkylation sites (tertiary alicyclic amines) is 1. The van der Waals surface area contributed by atoms with Gasteiger partial charge in [-0.2, -0.15) is 0 Å². The summed E-state index contributed by atoms with van der Waals surface area (Å²) >= 11 is 0. The van der Waals surface area contributed by atoms with Crippen LogP contribution in [0.1, 0.15) is 61.1 Å². The number of hydrogen-bond acceptors (Lipinski definition) is 7. The van der Waals surface area contributed by atoms with E-state index in [1.165, 1.54) is 6.20 Å². The van der Waals surface area contributed by atoms with Crippen molar-refractivity contribution in [3.05, 3.63) is 57.5 Å². The molecule has 0 bridgehead atoms. The van der Waals surface area contributed by atoms with E-state index in [0.717, 1.165) is 46.4 Å². The average molecular weight is 533 g/mol. The monoisotopic (exact) mass is 532 g/mol. The molecule has 1 saturated heterocycles. The third-order valence-electron chi connectivity index (χ3n) is 7.43. The number of aromatic carboxylic acids is 1. The zero-order valence-corrected chi connectivity index (χ0v) is 22.3. The molecule has 0 atom stereocenters. The molecule has 10 heteroatoms. The van der Waals surface area contributed by atoms with Crippen molar-refractivity contribution in [2.45, 2.75) is 58.5 Å². The van der Waals surface area contributed by atoms with Crippen molar-refractivity contribution in [3.8, 4) is 11.1 Å². The summed E-state index contributed by atoms with van der Waals surface area (Å²) in [6, 6.07) is 5.78. The van der Waals surface area contributed by atoms with E-state index in [1.807, 2.05) is 43.7 Å². The topological polar surface area (TPSA) is 123 Å². The van der Waals surface area contributed by atoms with Crippen molar-refractivity contribution in [3.63, 3.8) is 0 Å². The first-order chi connectivity index (χ1) is 18.6. The van der Waals surface area contributed by atoms with Gasteiger partial charge < -0.3 is 29.4 Å². The van der Waals surface area contributed by atoms with E-state index in [1.54, 1.807) is 11.0 Å². The Morgan fingerprint density at radius 2 is 1.95 bits per heavy atom. The summed E-state index contributed by atoms with van der Waals surface area (Å²) in [5.41, 5.74) is 3.31. The van der Waals surface area contributed by atoms with Crippen molar-refractivity contribution in [2.75, 3.05) is 25.0 Å². The molecule has 3 aliphatic rings. The van der Waals surface area contributed by atoms with Gasteiger partial charge in [0.1, 0.15) is 17.0 Å². The zero-order chi connectivity index (χ0) is 27.5. The second-order valence-corrected chi connectivity index (χ2v) is 11.7. The Morgan fingerprint density at radius 3 is 2.64 bits per heavy atom. The number of carboxylic acid groups (broad SMARTS) is 1. The first-order valence-electron chi connectivity index (χ1n) is 13.3. The van der Waals surface area contributed by atoms with Crippen molar-refractivity contribution in [1.29, 1.82) is 0 Å². The first-order valence-corrected chi connectivity index (χ1v) is 13.3. The van der Waals surface area contributed by atoms with E-state index in [0.29, 0.717) is 44.2 Å². The van der Waals surface area contributed by atoms with Gasteiger partial charge in [0.25, 0.3) is 0 Å². The van der Waals surface area contributed by atoms with E-state index in [-0.39, 0.29) is 17.7 Å². The van der Waals surface area contributed by atoms with Gasteiger partial charge >= 0.3 is 12.1 Å². The Morgan fingerprint density at radius 1 is 1.18 bits per heavy atom. The summed E-state index contributed by atoms with van der Waals surface area (Å²) in [7, 11) is 0. The number of carbonyl (C=O) groups excluding carboxylic acids is 1. The van der Waals surface area contributed by atoms with E-state index >= 15 is 0 Å². The highest BCUT2D eigenvalue weighted by Crippen LogP contribution is 2.41. The molecule has 1 aliphatic carbocycles. The van der Waals surface area contributed by atoms with Crippen LogP contribution < -0.4 is 10.7 Å². The molecular formula is C29H32N4O6. The maximum Gasteiger partial charge on any atom is 0.410 e. The maximum atomic E-state index is 13.0. The van der Waals surface area contributed by atoms with Gasteiger partial charge in [-0.15, -0.1) is 0 Å². The van der Waals surface area contributed by atoms with Crippen molar-refractivity contribution >= 4 is 28.8 Å². The fourth-order valence-electron chi connectivity index (χ4n) is 5.36. The van der Waals surface area contributed by atoms with Crippen LogP contribution in [0.2, 0.25) is 0 Å². The summed E-state index contributed by atoms with van der Waals surface area (Å²) in [6.07, 6.45) is 4.94. The summed E-state index contributed by atoms with van der Waals surface area (Å²) in [5.74, 6) is -0.161. The highest BCUT2D eigenvalue weighted by Gasteiger charge is 2.34. The predicted molar refractivity (Wildman–Crippen MR) is 145 cm³/mol. The van der Waals surface area contributed by atoms with Gasteiger partial charge in [-0.1, -0.05) is 6.07 Å². The van der Waals surface area contributed by atoms with Crippen LogP contribution in [0.5, 0.6) is 0 Å². The number of ether oxygens (including phenoxy) is 2. The molecule has 2 aliphatic heterocycles. The fraction of sp³-hybridized carbons (Fsp3) is 0.448. The van der Waals surface area contributed by atoms with E-state index in [4.69, 9.17) is 9.47 Å². The normalized spacial score (nSPS) is 17.2. The predicted octanol–water partition coefficient (Wildman–Crippen LogP) is 4.41. The minimum atomic E-state index is -1.21. The molecule has 39 heavy (non-hydrogen) atoms. The lowest BCUT2D eigenvalue weighted by atomic mass is 9.95. The number of aromatic nitrogens is 2. The first kappa shape index (κ1) is 25.4. The Bertz CT molecular complexity index is 1550. The number of pyridine rings is 2. The molecule has 0 radical (unpaired) electrons. The van der Waals surface area contributed by atoms with Crippen LogP contribution in [0.15, 0.2) is 35.4 Å². The number of carboxylic acids is 1. The third-order valence-corrected chi connectivity index (χ3v) is 7.43. The van der Waals surface area contributed by atoms with Crippen molar-refractivity contribution < 1.29 is 24.2 Å². The third kappa shape index (κ3) is 4.85. The zero-order valence-electron chi connectivity index (χ0n) is 22.3. The van der Waals surface area contributed by atoms with Crippen LogP contribution in [0, 0.1) is 5.92 Å². The standard InChI is InChI=1S/C29H32N4O6/c1-29(2,3)39-28(37)32-11-16(12-32)9-30-24-8-17-14-38-15-23-19(21(17)10-31-24)6-7-20-25(23)33(18-4-5-18)13-22(26(20)34)27(35)36/h6-8,10,13,16,18H,4-5,9,11-12,14-15H2,1-3H3,(H,30,31)(H,35,36). The Balaban J connectivity index is 1.24. The minimum Gasteiger partial charge on any atom is -0.477 e. The van der Waals surface area contributed by atoms with Crippen LogP contribution in [0.25, 0.3) is 22.0 Å². The van der Waals surface area contributed by atoms with Crippen molar-refractivity contribution in [1.82, 2.24) is 14.5 Å². The molecule has 204 valence electrons. The lowest BCUT2D eigenvalue weighted by Gasteiger charge is -2.39. The van der Waals surface area contributed by atoms with Crippen LogP contribution in [-0.4, -0.2) is 56.9 Å². The summed E-state index contributed by atoms with van der Waals surface area (Å²) in [6.45, 7) is 8.25. The van der Waals surface area contributed by atoms with Crippen LogP contribution in [0.4, 0.5) is 10.6 Å². The van der Waals surface area contributed by atoms with Gasteiger partial charge in [-0.05, 0) is 56.9 Å². The van der Waals surface area contributed by atoms with Gasteiger partial charge in [0.05, 0.1) is 18.7 Å². The van der Waals surface area contributed by atoms with Crippen molar-refractivity contribution in [2.24, 2.45) is 5.92 Å². The molecule has 10 nitrogen and oxygen atoms in total. The van der Waals surface area contributed by atoms with Crippen LogP contribution >= 0.6 is 0 Å².